The van der Waals surface area contributed by atoms with Gasteiger partial charge in [-0.1, -0.05) is 41.9 Å². The SMILES string of the molecule is Cc1ccccc1/C=C1\SC2CCC(C(=O)N3CCN(c4cccc(Cl)c4)CC3)CC2N(C)C1=O. The zero-order valence-electron chi connectivity index (χ0n) is 20.3. The van der Waals surface area contributed by atoms with E-state index in [2.05, 4.69) is 30.0 Å². The van der Waals surface area contributed by atoms with Crippen LogP contribution in [0.5, 0.6) is 0 Å². The number of hydrogen-bond donors (Lipinski definition) is 0. The van der Waals surface area contributed by atoms with E-state index in [1.165, 1.54) is 5.56 Å². The van der Waals surface area contributed by atoms with Crippen molar-refractivity contribution in [3.05, 3.63) is 69.6 Å². The van der Waals surface area contributed by atoms with Crippen LogP contribution in [0.15, 0.2) is 53.4 Å². The second-order valence-corrected chi connectivity index (χ2v) is 11.5. The number of rotatable bonds is 3. The molecule has 0 N–H and O–H groups in total. The Bertz CT molecular complexity index is 1140. The molecule has 2 aromatic rings. The number of anilines is 1. The highest BCUT2D eigenvalue weighted by Crippen LogP contribution is 2.43. The van der Waals surface area contributed by atoms with Gasteiger partial charge in [0.15, 0.2) is 0 Å². The van der Waals surface area contributed by atoms with Gasteiger partial charge < -0.3 is 14.7 Å². The Morgan fingerprint density at radius 1 is 1.06 bits per heavy atom. The molecule has 3 aliphatic rings. The van der Waals surface area contributed by atoms with Crippen LogP contribution in [-0.4, -0.2) is 66.1 Å². The molecule has 35 heavy (non-hydrogen) atoms. The summed E-state index contributed by atoms with van der Waals surface area (Å²) in [6, 6.07) is 16.2. The lowest BCUT2D eigenvalue weighted by Crippen LogP contribution is -2.55. The van der Waals surface area contributed by atoms with Gasteiger partial charge in [0, 0.05) is 61.1 Å². The molecule has 3 fully saturated rings. The third kappa shape index (κ3) is 5.10. The van der Waals surface area contributed by atoms with Crippen molar-refractivity contribution in [1.29, 1.82) is 0 Å². The molecule has 0 bridgehead atoms. The van der Waals surface area contributed by atoms with Crippen molar-refractivity contribution in [2.45, 2.75) is 37.5 Å². The highest BCUT2D eigenvalue weighted by atomic mass is 35.5. The highest BCUT2D eigenvalue weighted by Gasteiger charge is 2.43. The summed E-state index contributed by atoms with van der Waals surface area (Å²) in [5, 5.41) is 1.08. The van der Waals surface area contributed by atoms with Crippen molar-refractivity contribution < 1.29 is 9.59 Å². The maximum absolute atomic E-state index is 13.4. The van der Waals surface area contributed by atoms with Crippen molar-refractivity contribution in [1.82, 2.24) is 9.80 Å². The van der Waals surface area contributed by atoms with Gasteiger partial charge in [-0.25, -0.2) is 0 Å². The second-order valence-electron chi connectivity index (χ2n) is 9.81. The van der Waals surface area contributed by atoms with Crippen LogP contribution in [0, 0.1) is 12.8 Å². The van der Waals surface area contributed by atoms with E-state index >= 15 is 0 Å². The van der Waals surface area contributed by atoms with E-state index in [0.29, 0.717) is 5.25 Å². The fourth-order valence-corrected chi connectivity index (χ4v) is 7.18. The number of nitrogens with zero attached hydrogens (tertiary/aromatic N) is 3. The molecule has 5 rings (SSSR count). The van der Waals surface area contributed by atoms with E-state index in [9.17, 15) is 9.59 Å². The molecule has 1 saturated carbocycles. The van der Waals surface area contributed by atoms with Crippen molar-refractivity contribution in [3.63, 3.8) is 0 Å². The Morgan fingerprint density at radius 3 is 2.57 bits per heavy atom. The fourth-order valence-electron chi connectivity index (χ4n) is 5.53. The summed E-state index contributed by atoms with van der Waals surface area (Å²) in [6.45, 7) is 5.15. The number of carbonyl (C=O) groups is 2. The largest absolute Gasteiger partial charge is 0.368 e. The van der Waals surface area contributed by atoms with E-state index in [-0.39, 0.29) is 23.8 Å². The van der Waals surface area contributed by atoms with E-state index in [0.717, 1.165) is 66.6 Å². The summed E-state index contributed by atoms with van der Waals surface area (Å²) in [6.07, 6.45) is 4.63. The zero-order valence-corrected chi connectivity index (χ0v) is 21.9. The van der Waals surface area contributed by atoms with Gasteiger partial charge in [-0.05, 0) is 61.6 Å². The molecule has 0 aromatic heterocycles. The van der Waals surface area contributed by atoms with Crippen LogP contribution >= 0.6 is 23.4 Å². The molecule has 2 aliphatic heterocycles. The minimum Gasteiger partial charge on any atom is -0.368 e. The number of carbonyl (C=O) groups excluding carboxylic acids is 2. The van der Waals surface area contributed by atoms with Crippen LogP contribution in [0.2, 0.25) is 5.02 Å². The van der Waals surface area contributed by atoms with Crippen LogP contribution in [0.1, 0.15) is 30.4 Å². The highest BCUT2D eigenvalue weighted by molar-refractivity contribution is 8.04. The first kappa shape index (κ1) is 24.3. The summed E-state index contributed by atoms with van der Waals surface area (Å²) in [7, 11) is 1.90. The number of amides is 2. The number of halogens is 1. The molecule has 1 aliphatic carbocycles. The maximum atomic E-state index is 13.4. The number of thioether (sulfide) groups is 1. The van der Waals surface area contributed by atoms with Crippen molar-refractivity contribution in [3.8, 4) is 0 Å². The van der Waals surface area contributed by atoms with Crippen molar-refractivity contribution in [2.24, 2.45) is 5.92 Å². The molecule has 7 heteroatoms. The number of hydrogen-bond acceptors (Lipinski definition) is 4. The first-order valence-corrected chi connectivity index (χ1v) is 13.7. The van der Waals surface area contributed by atoms with E-state index < -0.39 is 0 Å². The van der Waals surface area contributed by atoms with Crippen LogP contribution < -0.4 is 4.90 Å². The van der Waals surface area contributed by atoms with Gasteiger partial charge in [-0.2, -0.15) is 0 Å². The lowest BCUT2D eigenvalue weighted by Gasteiger charge is -2.45. The fraction of sp³-hybridized carbons (Fsp3) is 0.429. The summed E-state index contributed by atoms with van der Waals surface area (Å²) in [5.74, 6) is 0.316. The van der Waals surface area contributed by atoms with Crippen molar-refractivity contribution >= 4 is 46.9 Å². The molecule has 3 unspecified atom stereocenters. The summed E-state index contributed by atoms with van der Waals surface area (Å²) in [5.41, 5.74) is 3.37. The standard InChI is InChI=1S/C28H32ClN3O2S/c1-19-6-3-4-7-20(19)17-26-28(34)30(2)24-16-21(10-11-25(24)35-26)27(33)32-14-12-31(13-15-32)23-9-5-8-22(29)18-23/h3-9,17-18,21,24-25H,10-16H2,1-2H3/b26-17-. The van der Waals surface area contributed by atoms with E-state index in [4.69, 9.17) is 11.6 Å². The maximum Gasteiger partial charge on any atom is 0.260 e. The summed E-state index contributed by atoms with van der Waals surface area (Å²) < 4.78 is 0. The Labute approximate surface area is 217 Å². The smallest absolute Gasteiger partial charge is 0.260 e. The molecule has 0 spiro atoms. The molecular formula is C28H32ClN3O2S. The zero-order chi connectivity index (χ0) is 24.5. The lowest BCUT2D eigenvalue weighted by atomic mass is 9.83. The molecule has 2 amide bonds. The predicted octanol–water partition coefficient (Wildman–Crippen LogP) is 5.08. The monoisotopic (exact) mass is 509 g/mol. The Balaban J connectivity index is 1.21. The number of fused-ring (bicyclic) bond motifs is 1. The number of likely N-dealkylation sites (N-methyl/N-ethyl adjacent to an activating group) is 1. The molecule has 2 aromatic carbocycles. The quantitative estimate of drug-likeness (QED) is 0.541. The average Bonchev–Trinajstić information content (AvgIpc) is 2.88. The predicted molar refractivity (Wildman–Crippen MR) is 145 cm³/mol. The van der Waals surface area contributed by atoms with Crippen LogP contribution in [0.25, 0.3) is 6.08 Å². The molecular weight excluding hydrogens is 478 g/mol. The Hall–Kier alpha value is -2.44. The van der Waals surface area contributed by atoms with E-state index in [1.807, 2.05) is 53.3 Å². The Morgan fingerprint density at radius 2 is 1.83 bits per heavy atom. The second kappa shape index (κ2) is 10.3. The molecule has 3 atom stereocenters. The molecule has 2 heterocycles. The summed E-state index contributed by atoms with van der Waals surface area (Å²) in [4.78, 5) is 33.6. The first-order valence-electron chi connectivity index (χ1n) is 12.4. The van der Waals surface area contributed by atoms with Gasteiger partial charge in [0.05, 0.1) is 4.91 Å². The van der Waals surface area contributed by atoms with Crippen LogP contribution in [0.3, 0.4) is 0 Å². The van der Waals surface area contributed by atoms with Crippen LogP contribution in [0.4, 0.5) is 5.69 Å². The number of piperazine rings is 1. The van der Waals surface area contributed by atoms with Gasteiger partial charge in [0.2, 0.25) is 5.91 Å². The Kier molecular flexibility index (Phi) is 7.12. The number of benzene rings is 2. The number of aryl methyl sites for hydroxylation is 1. The molecule has 184 valence electrons. The minimum absolute atomic E-state index is 0.00767. The van der Waals surface area contributed by atoms with Gasteiger partial charge in [-0.15, -0.1) is 11.8 Å². The van der Waals surface area contributed by atoms with Gasteiger partial charge in [-0.3, -0.25) is 9.59 Å². The van der Waals surface area contributed by atoms with Gasteiger partial charge in [0.1, 0.15) is 0 Å². The van der Waals surface area contributed by atoms with E-state index in [1.54, 1.807) is 11.8 Å². The van der Waals surface area contributed by atoms with Gasteiger partial charge >= 0.3 is 0 Å². The summed E-state index contributed by atoms with van der Waals surface area (Å²) >= 11 is 7.86. The van der Waals surface area contributed by atoms with Crippen molar-refractivity contribution in [2.75, 3.05) is 38.1 Å². The first-order chi connectivity index (χ1) is 16.9. The molecule has 0 radical (unpaired) electrons. The van der Waals surface area contributed by atoms with Crippen LogP contribution in [-0.2, 0) is 9.59 Å². The average molecular weight is 510 g/mol. The van der Waals surface area contributed by atoms with Gasteiger partial charge in [0.25, 0.3) is 5.91 Å². The third-order valence-electron chi connectivity index (χ3n) is 7.65. The molecule has 2 saturated heterocycles. The third-order valence-corrected chi connectivity index (χ3v) is 9.28. The molecule has 5 nitrogen and oxygen atoms in total. The lowest BCUT2D eigenvalue weighted by molar-refractivity contribution is -0.139. The minimum atomic E-state index is -0.00767. The topological polar surface area (TPSA) is 43.9 Å². The normalized spacial score (nSPS) is 26.1.